The van der Waals surface area contributed by atoms with E-state index in [1.165, 1.54) is 10.4 Å². The van der Waals surface area contributed by atoms with E-state index >= 15 is 0 Å². The standard InChI is InChI=1S/C27H38INO3Si/c1-26(2,3)31-25(30)29-19-21(18-28)17-22(20-29)32-33(27(4,5)6,23-13-9-7-10-14-23)24-15-11-8-12-16-24/h7-16,21-22H,17-20H2,1-6H3/t21-,22-/m1/s1. The first-order valence-electron chi connectivity index (χ1n) is 11.8. The Balaban J connectivity index is 2.02. The second kappa shape index (κ2) is 10.5. The summed E-state index contributed by atoms with van der Waals surface area (Å²) < 4.78 is 14.1. The van der Waals surface area contributed by atoms with Crippen molar-refractivity contribution in [3.8, 4) is 0 Å². The number of amides is 1. The fourth-order valence-electron chi connectivity index (χ4n) is 4.77. The molecule has 2 atom stereocenters. The molecule has 0 N–H and O–H groups in total. The maximum absolute atomic E-state index is 13.0. The monoisotopic (exact) mass is 579 g/mol. The molecule has 0 spiro atoms. The summed E-state index contributed by atoms with van der Waals surface area (Å²) in [6.07, 6.45) is 0.664. The van der Waals surface area contributed by atoms with E-state index in [4.69, 9.17) is 9.16 Å². The zero-order valence-corrected chi connectivity index (χ0v) is 24.0. The van der Waals surface area contributed by atoms with Gasteiger partial charge in [0.05, 0.1) is 6.10 Å². The highest BCUT2D eigenvalue weighted by atomic mass is 127. The second-order valence-electron chi connectivity index (χ2n) is 11.0. The van der Waals surface area contributed by atoms with Gasteiger partial charge >= 0.3 is 6.09 Å². The average Bonchev–Trinajstić information content (AvgIpc) is 2.76. The lowest BCUT2D eigenvalue weighted by Crippen LogP contribution is -2.69. The van der Waals surface area contributed by atoms with Gasteiger partial charge in [-0.1, -0.05) is 104 Å². The third kappa shape index (κ3) is 6.20. The van der Waals surface area contributed by atoms with Crippen LogP contribution in [-0.4, -0.2) is 48.5 Å². The van der Waals surface area contributed by atoms with Crippen molar-refractivity contribution in [1.29, 1.82) is 0 Å². The van der Waals surface area contributed by atoms with E-state index < -0.39 is 13.9 Å². The number of piperidine rings is 1. The number of ether oxygens (including phenoxy) is 1. The smallest absolute Gasteiger partial charge is 0.410 e. The van der Waals surface area contributed by atoms with Gasteiger partial charge in [0.1, 0.15) is 5.60 Å². The van der Waals surface area contributed by atoms with Crippen molar-refractivity contribution in [2.24, 2.45) is 5.92 Å². The molecule has 4 nitrogen and oxygen atoms in total. The lowest BCUT2D eigenvalue weighted by atomic mass is 9.98. The van der Waals surface area contributed by atoms with Crippen LogP contribution in [-0.2, 0) is 9.16 Å². The van der Waals surface area contributed by atoms with E-state index in [-0.39, 0.29) is 17.2 Å². The molecule has 33 heavy (non-hydrogen) atoms. The molecule has 2 aromatic rings. The molecule has 2 aromatic carbocycles. The molecule has 0 bridgehead atoms. The molecule has 6 heteroatoms. The molecule has 0 unspecified atom stereocenters. The first-order chi connectivity index (χ1) is 15.5. The summed E-state index contributed by atoms with van der Waals surface area (Å²) in [5, 5.41) is 2.44. The quantitative estimate of drug-likeness (QED) is 0.262. The van der Waals surface area contributed by atoms with Crippen LogP contribution in [0, 0.1) is 5.92 Å². The number of hydrogen-bond donors (Lipinski definition) is 0. The van der Waals surface area contributed by atoms with Crippen LogP contribution < -0.4 is 10.4 Å². The first kappa shape index (κ1) is 26.2. The van der Waals surface area contributed by atoms with Crippen LogP contribution in [0.1, 0.15) is 48.0 Å². The summed E-state index contributed by atoms with van der Waals surface area (Å²) in [5.74, 6) is 0.384. The van der Waals surface area contributed by atoms with Gasteiger partial charge in [-0.3, -0.25) is 0 Å². The molecule has 0 aliphatic carbocycles. The topological polar surface area (TPSA) is 38.8 Å². The average molecular weight is 580 g/mol. The molecule has 1 aliphatic rings. The van der Waals surface area contributed by atoms with Gasteiger partial charge < -0.3 is 14.1 Å². The van der Waals surface area contributed by atoms with Crippen LogP contribution in [0.25, 0.3) is 0 Å². The number of carbonyl (C=O) groups excluding carboxylic acids is 1. The minimum absolute atomic E-state index is 0.0441. The van der Waals surface area contributed by atoms with E-state index in [1.54, 1.807) is 0 Å². The van der Waals surface area contributed by atoms with Crippen molar-refractivity contribution in [2.45, 2.75) is 64.7 Å². The molecule has 3 rings (SSSR count). The van der Waals surface area contributed by atoms with Crippen molar-refractivity contribution in [3.05, 3.63) is 60.7 Å². The zero-order chi connectivity index (χ0) is 24.3. The molecule has 0 radical (unpaired) electrons. The number of benzene rings is 2. The predicted octanol–water partition coefficient (Wildman–Crippen LogP) is 5.62. The number of carbonyl (C=O) groups is 1. The largest absolute Gasteiger partial charge is 0.444 e. The third-order valence-electron chi connectivity index (χ3n) is 6.13. The maximum Gasteiger partial charge on any atom is 0.410 e. The molecule has 1 fully saturated rings. The zero-order valence-electron chi connectivity index (χ0n) is 20.8. The Morgan fingerprint density at radius 1 is 0.939 bits per heavy atom. The number of alkyl halides is 1. The molecular formula is C27H38INO3Si. The molecule has 180 valence electrons. The normalized spacial score (nSPS) is 19.9. The predicted molar refractivity (Wildman–Crippen MR) is 147 cm³/mol. The maximum atomic E-state index is 13.0. The Bertz CT molecular complexity index is 869. The van der Waals surface area contributed by atoms with Crippen LogP contribution in [0.4, 0.5) is 4.79 Å². The second-order valence-corrected chi connectivity index (χ2v) is 16.2. The summed E-state index contributed by atoms with van der Waals surface area (Å²) >= 11 is 2.43. The van der Waals surface area contributed by atoms with Gasteiger partial charge in [0.25, 0.3) is 8.32 Å². The molecule has 0 aromatic heterocycles. The number of nitrogens with zero attached hydrogens (tertiary/aromatic N) is 1. The number of hydrogen-bond acceptors (Lipinski definition) is 3. The lowest BCUT2D eigenvalue weighted by Gasteiger charge is -2.47. The first-order valence-corrected chi connectivity index (χ1v) is 15.2. The van der Waals surface area contributed by atoms with E-state index in [0.717, 1.165) is 17.4 Å². The highest BCUT2D eigenvalue weighted by molar-refractivity contribution is 14.1. The van der Waals surface area contributed by atoms with Crippen LogP contribution >= 0.6 is 22.6 Å². The van der Waals surface area contributed by atoms with E-state index in [1.807, 2.05) is 25.7 Å². The van der Waals surface area contributed by atoms with Crippen LogP contribution in [0.15, 0.2) is 60.7 Å². The van der Waals surface area contributed by atoms with Gasteiger partial charge in [0, 0.05) is 17.5 Å². The highest BCUT2D eigenvalue weighted by Gasteiger charge is 2.52. The van der Waals surface area contributed by atoms with E-state index in [9.17, 15) is 4.79 Å². The molecule has 1 heterocycles. The van der Waals surface area contributed by atoms with Gasteiger partial charge in [-0.05, 0) is 48.5 Å². The van der Waals surface area contributed by atoms with E-state index in [2.05, 4.69) is 104 Å². The lowest BCUT2D eigenvalue weighted by molar-refractivity contribution is -0.00146. The Morgan fingerprint density at radius 2 is 1.45 bits per heavy atom. The summed E-state index contributed by atoms with van der Waals surface area (Å²) in [7, 11) is -2.67. The molecular weight excluding hydrogens is 541 g/mol. The number of rotatable bonds is 5. The van der Waals surface area contributed by atoms with E-state index in [0.29, 0.717) is 12.5 Å². The number of likely N-dealkylation sites (tertiary alicyclic amines) is 1. The van der Waals surface area contributed by atoms with Gasteiger partial charge in [-0.2, -0.15) is 0 Å². The van der Waals surface area contributed by atoms with Crippen molar-refractivity contribution in [2.75, 3.05) is 17.5 Å². The Morgan fingerprint density at radius 3 is 1.88 bits per heavy atom. The fraction of sp³-hybridized carbons (Fsp3) is 0.519. The highest BCUT2D eigenvalue weighted by Crippen LogP contribution is 2.39. The van der Waals surface area contributed by atoms with Crippen LogP contribution in [0.5, 0.6) is 0 Å². The minimum atomic E-state index is -2.67. The summed E-state index contributed by atoms with van der Waals surface area (Å²) in [6.45, 7) is 13.9. The summed E-state index contributed by atoms with van der Waals surface area (Å²) in [5.41, 5.74) is -0.511. The SMILES string of the molecule is CC(C)(C)OC(=O)N1C[C@@H](CI)C[C@@H](O[Si](c2ccccc2)(c2ccccc2)C(C)(C)C)C1. The Kier molecular flexibility index (Phi) is 8.33. The number of halogens is 1. The molecule has 1 amide bonds. The van der Waals surface area contributed by atoms with Crippen molar-refractivity contribution in [1.82, 2.24) is 4.90 Å². The van der Waals surface area contributed by atoms with Gasteiger partial charge in [-0.25, -0.2) is 4.79 Å². The third-order valence-corrected chi connectivity index (χ3v) is 12.5. The fourth-order valence-corrected chi connectivity index (χ4v) is 10.1. The van der Waals surface area contributed by atoms with Gasteiger partial charge in [-0.15, -0.1) is 0 Å². The van der Waals surface area contributed by atoms with Crippen LogP contribution in [0.3, 0.4) is 0 Å². The van der Waals surface area contributed by atoms with Crippen molar-refractivity contribution in [3.63, 3.8) is 0 Å². The Hall–Kier alpha value is -1.38. The molecule has 1 saturated heterocycles. The van der Waals surface area contributed by atoms with Gasteiger partial charge in [0.15, 0.2) is 0 Å². The van der Waals surface area contributed by atoms with Crippen LogP contribution in [0.2, 0.25) is 5.04 Å². The van der Waals surface area contributed by atoms with Crippen molar-refractivity contribution < 1.29 is 14.0 Å². The minimum Gasteiger partial charge on any atom is -0.444 e. The summed E-state index contributed by atoms with van der Waals surface area (Å²) in [6, 6.07) is 21.4. The van der Waals surface area contributed by atoms with Crippen molar-refractivity contribution >= 4 is 47.4 Å². The molecule has 1 aliphatic heterocycles. The molecule has 0 saturated carbocycles. The summed E-state index contributed by atoms with van der Waals surface area (Å²) in [4.78, 5) is 14.8. The van der Waals surface area contributed by atoms with Gasteiger partial charge in [0.2, 0.25) is 0 Å². The Labute approximate surface area is 214 Å².